The minimum atomic E-state index is -0.997. The van der Waals surface area contributed by atoms with E-state index >= 15 is 0 Å². The molecule has 0 aliphatic heterocycles. The smallest absolute Gasteiger partial charge is 0.336 e. The highest BCUT2D eigenvalue weighted by Crippen LogP contribution is 2.17. The summed E-state index contributed by atoms with van der Waals surface area (Å²) in [6, 6.07) is 4.90. The fraction of sp³-hybridized carbons (Fsp3) is 0.231. The number of carboxylic acids is 1. The molecule has 0 spiro atoms. The Morgan fingerprint density at radius 1 is 1.44 bits per heavy atom. The normalized spacial score (nSPS) is 9.22. The third-order valence-electron chi connectivity index (χ3n) is 2.05. The Balaban J connectivity index is 2.68. The predicted molar refractivity (Wildman–Crippen MR) is 71.3 cm³/mol. The van der Waals surface area contributed by atoms with Crippen molar-refractivity contribution in [3.8, 4) is 11.8 Å². The molecule has 0 saturated carbocycles. The summed E-state index contributed by atoms with van der Waals surface area (Å²) < 4.78 is 0.527. The number of hydrogen-bond donors (Lipinski definition) is 2. The average molecular weight is 310 g/mol. The summed E-state index contributed by atoms with van der Waals surface area (Å²) in [6.07, 6.45) is 0.526. The van der Waals surface area contributed by atoms with E-state index in [1.807, 2.05) is 0 Å². The lowest BCUT2D eigenvalue weighted by molar-refractivity contribution is -0.118. The first kappa shape index (κ1) is 14.3. The summed E-state index contributed by atoms with van der Waals surface area (Å²) in [4.78, 5) is 21.5. The molecule has 0 bridgehead atoms. The quantitative estimate of drug-likeness (QED) is 0.663. The minimum absolute atomic E-state index is 0.0893. The van der Waals surface area contributed by atoms with Crippen LogP contribution in [0.15, 0.2) is 22.7 Å². The largest absolute Gasteiger partial charge is 0.478 e. The number of carbonyl (C=O) groups excluding carboxylic acids is 1. The standard InChI is InChI=1S/C13H12BrNO3/c1-9(16)15-7-3-2-4-10-5-6-12(14)11(8-10)13(17)18/h5-6,8H,3,7H2,1H3,(H,15,16)(H,17,18). The first-order valence-corrected chi connectivity index (χ1v) is 6.06. The van der Waals surface area contributed by atoms with Crippen molar-refractivity contribution in [3.63, 3.8) is 0 Å². The molecular formula is C13H12BrNO3. The molecule has 18 heavy (non-hydrogen) atoms. The summed E-state index contributed by atoms with van der Waals surface area (Å²) in [7, 11) is 0. The van der Waals surface area contributed by atoms with Crippen LogP contribution in [0, 0.1) is 11.8 Å². The third kappa shape index (κ3) is 4.60. The SMILES string of the molecule is CC(=O)NCCC#Cc1ccc(Br)c(C(=O)O)c1. The number of carboxylic acid groups (broad SMARTS) is 1. The van der Waals surface area contributed by atoms with Crippen molar-refractivity contribution in [3.05, 3.63) is 33.8 Å². The van der Waals surface area contributed by atoms with E-state index in [1.54, 1.807) is 12.1 Å². The number of rotatable bonds is 3. The highest BCUT2D eigenvalue weighted by molar-refractivity contribution is 9.10. The van der Waals surface area contributed by atoms with Crippen LogP contribution in [0.4, 0.5) is 0 Å². The number of benzene rings is 1. The fourth-order valence-corrected chi connectivity index (χ4v) is 1.65. The molecule has 0 aliphatic rings. The summed E-state index contributed by atoms with van der Waals surface area (Å²) in [5.74, 6) is 4.64. The first-order chi connectivity index (χ1) is 8.50. The van der Waals surface area contributed by atoms with Crippen LogP contribution in [0.2, 0.25) is 0 Å². The number of aromatic carboxylic acids is 1. The van der Waals surface area contributed by atoms with Crippen LogP contribution in [-0.4, -0.2) is 23.5 Å². The molecule has 0 aliphatic carbocycles. The second kappa shape index (κ2) is 6.82. The maximum atomic E-state index is 10.9. The van der Waals surface area contributed by atoms with Crippen LogP contribution in [0.5, 0.6) is 0 Å². The lowest BCUT2D eigenvalue weighted by atomic mass is 10.1. The maximum Gasteiger partial charge on any atom is 0.336 e. The second-order valence-corrected chi connectivity index (χ2v) is 4.39. The van der Waals surface area contributed by atoms with Crippen molar-refractivity contribution in [1.82, 2.24) is 5.32 Å². The zero-order valence-electron chi connectivity index (χ0n) is 9.79. The summed E-state index contributed by atoms with van der Waals surface area (Å²) in [5.41, 5.74) is 0.821. The Kier molecular flexibility index (Phi) is 5.40. The highest BCUT2D eigenvalue weighted by Gasteiger charge is 2.07. The van der Waals surface area contributed by atoms with Gasteiger partial charge in [0.15, 0.2) is 0 Å². The molecule has 0 atom stereocenters. The summed E-state index contributed by atoms with van der Waals surface area (Å²) in [5, 5.41) is 11.6. The van der Waals surface area contributed by atoms with E-state index in [2.05, 4.69) is 33.1 Å². The van der Waals surface area contributed by atoms with Crippen LogP contribution in [-0.2, 0) is 4.79 Å². The molecule has 1 aromatic carbocycles. The third-order valence-corrected chi connectivity index (χ3v) is 2.74. The van der Waals surface area contributed by atoms with Gasteiger partial charge in [0.1, 0.15) is 0 Å². The Hall–Kier alpha value is -1.80. The van der Waals surface area contributed by atoms with E-state index in [-0.39, 0.29) is 11.5 Å². The molecular weight excluding hydrogens is 298 g/mol. The van der Waals surface area contributed by atoms with Gasteiger partial charge in [-0.1, -0.05) is 11.8 Å². The molecule has 1 aromatic rings. The summed E-state index contributed by atoms with van der Waals surface area (Å²) in [6.45, 7) is 1.94. The van der Waals surface area contributed by atoms with Crippen molar-refractivity contribution in [2.45, 2.75) is 13.3 Å². The van der Waals surface area contributed by atoms with Gasteiger partial charge in [-0.25, -0.2) is 4.79 Å². The molecule has 1 rings (SSSR count). The van der Waals surface area contributed by atoms with Crippen molar-refractivity contribution in [2.75, 3.05) is 6.54 Å². The lowest BCUT2D eigenvalue weighted by Gasteiger charge is -1.99. The van der Waals surface area contributed by atoms with Gasteiger partial charge in [0, 0.05) is 29.9 Å². The monoisotopic (exact) mass is 309 g/mol. The molecule has 2 N–H and O–H groups in total. The number of hydrogen-bond acceptors (Lipinski definition) is 2. The van der Waals surface area contributed by atoms with E-state index < -0.39 is 5.97 Å². The van der Waals surface area contributed by atoms with E-state index in [9.17, 15) is 9.59 Å². The van der Waals surface area contributed by atoms with Crippen molar-refractivity contribution < 1.29 is 14.7 Å². The van der Waals surface area contributed by atoms with Crippen LogP contribution in [0.1, 0.15) is 29.3 Å². The van der Waals surface area contributed by atoms with Gasteiger partial charge in [-0.15, -0.1) is 0 Å². The number of halogens is 1. The molecule has 0 fully saturated rings. The highest BCUT2D eigenvalue weighted by atomic mass is 79.9. The fourth-order valence-electron chi connectivity index (χ4n) is 1.23. The average Bonchev–Trinajstić information content (AvgIpc) is 2.30. The van der Waals surface area contributed by atoms with E-state index in [0.29, 0.717) is 23.0 Å². The van der Waals surface area contributed by atoms with E-state index in [4.69, 9.17) is 5.11 Å². The van der Waals surface area contributed by atoms with Gasteiger partial charge in [-0.3, -0.25) is 4.79 Å². The summed E-state index contributed by atoms with van der Waals surface area (Å²) >= 11 is 3.16. The van der Waals surface area contributed by atoms with Crippen molar-refractivity contribution in [2.24, 2.45) is 0 Å². The molecule has 0 unspecified atom stereocenters. The molecule has 0 saturated heterocycles. The van der Waals surface area contributed by atoms with Gasteiger partial charge in [-0.2, -0.15) is 0 Å². The Labute approximate surface area is 114 Å². The molecule has 0 heterocycles. The topological polar surface area (TPSA) is 66.4 Å². The first-order valence-electron chi connectivity index (χ1n) is 5.27. The molecule has 1 amide bonds. The van der Waals surface area contributed by atoms with Gasteiger partial charge >= 0.3 is 5.97 Å². The predicted octanol–water partition coefficient (Wildman–Crippen LogP) is 2.03. The van der Waals surface area contributed by atoms with Crippen LogP contribution in [0.25, 0.3) is 0 Å². The van der Waals surface area contributed by atoms with Crippen LogP contribution < -0.4 is 5.32 Å². The second-order valence-electron chi connectivity index (χ2n) is 3.53. The van der Waals surface area contributed by atoms with Gasteiger partial charge in [0.25, 0.3) is 0 Å². The van der Waals surface area contributed by atoms with E-state index in [0.717, 1.165) is 0 Å². The van der Waals surface area contributed by atoms with Crippen molar-refractivity contribution >= 4 is 27.8 Å². The number of carbonyl (C=O) groups is 2. The van der Waals surface area contributed by atoms with Gasteiger partial charge in [0.05, 0.1) is 5.56 Å². The number of nitrogens with one attached hydrogen (secondary N) is 1. The minimum Gasteiger partial charge on any atom is -0.478 e. The zero-order valence-corrected chi connectivity index (χ0v) is 11.4. The van der Waals surface area contributed by atoms with Gasteiger partial charge in [-0.05, 0) is 34.1 Å². The Bertz CT molecular complexity index is 529. The molecule has 4 nitrogen and oxygen atoms in total. The van der Waals surface area contributed by atoms with Crippen LogP contribution in [0.3, 0.4) is 0 Å². The number of amides is 1. The maximum absolute atomic E-state index is 10.9. The van der Waals surface area contributed by atoms with Crippen LogP contribution >= 0.6 is 15.9 Å². The Morgan fingerprint density at radius 3 is 2.78 bits per heavy atom. The van der Waals surface area contributed by atoms with Gasteiger partial charge < -0.3 is 10.4 Å². The van der Waals surface area contributed by atoms with Crippen molar-refractivity contribution in [1.29, 1.82) is 0 Å². The molecule has 94 valence electrons. The molecule has 5 heteroatoms. The Morgan fingerprint density at radius 2 is 2.17 bits per heavy atom. The lowest BCUT2D eigenvalue weighted by Crippen LogP contribution is -2.20. The molecule has 0 aromatic heterocycles. The van der Waals surface area contributed by atoms with Gasteiger partial charge in [0.2, 0.25) is 5.91 Å². The zero-order chi connectivity index (χ0) is 13.5. The molecule has 0 radical (unpaired) electrons. The van der Waals surface area contributed by atoms with E-state index in [1.165, 1.54) is 13.0 Å².